The van der Waals surface area contributed by atoms with Crippen molar-refractivity contribution >= 4 is 0 Å². The Labute approximate surface area is 123 Å². The van der Waals surface area contributed by atoms with Crippen LogP contribution in [0.5, 0.6) is 5.75 Å². The molecule has 0 saturated heterocycles. The Morgan fingerprint density at radius 3 is 2.85 bits per heavy atom. The third-order valence-corrected chi connectivity index (χ3v) is 3.35. The first-order chi connectivity index (χ1) is 9.67. The summed E-state index contributed by atoms with van der Waals surface area (Å²) >= 11 is 0. The highest BCUT2D eigenvalue weighted by molar-refractivity contribution is 5.28. The van der Waals surface area contributed by atoms with E-state index in [0.717, 1.165) is 32.0 Å². The van der Waals surface area contributed by atoms with E-state index >= 15 is 0 Å². The molecule has 0 aliphatic rings. The minimum absolute atomic E-state index is 0.406. The van der Waals surface area contributed by atoms with Gasteiger partial charge in [-0.05, 0) is 38.2 Å². The van der Waals surface area contributed by atoms with Crippen LogP contribution in [0.25, 0.3) is 0 Å². The van der Waals surface area contributed by atoms with E-state index in [0.29, 0.717) is 12.6 Å². The molecule has 0 bridgehead atoms. The summed E-state index contributed by atoms with van der Waals surface area (Å²) in [4.78, 5) is 2.24. The van der Waals surface area contributed by atoms with Gasteiger partial charge >= 0.3 is 0 Å². The molecule has 1 rings (SSSR count). The van der Waals surface area contributed by atoms with E-state index in [9.17, 15) is 0 Å². The van der Waals surface area contributed by atoms with E-state index < -0.39 is 0 Å². The van der Waals surface area contributed by atoms with Gasteiger partial charge in [-0.3, -0.25) is 4.90 Å². The number of ether oxygens (including phenoxy) is 2. The molecule has 20 heavy (non-hydrogen) atoms. The Balaban J connectivity index is 2.34. The summed E-state index contributed by atoms with van der Waals surface area (Å²) < 4.78 is 11.0. The number of hydrogen-bond acceptors (Lipinski definition) is 4. The number of nitrogens with zero attached hydrogens (tertiary/aromatic N) is 1. The smallest absolute Gasteiger partial charge is 0.119 e. The van der Waals surface area contributed by atoms with Crippen molar-refractivity contribution in [1.29, 1.82) is 0 Å². The summed E-state index contributed by atoms with van der Waals surface area (Å²) in [5, 5.41) is 3.32. The predicted molar refractivity (Wildman–Crippen MR) is 83.3 cm³/mol. The van der Waals surface area contributed by atoms with E-state index in [1.165, 1.54) is 5.56 Å². The summed E-state index contributed by atoms with van der Waals surface area (Å²) in [6.07, 6.45) is 0. The second-order valence-corrected chi connectivity index (χ2v) is 5.06. The van der Waals surface area contributed by atoms with Crippen LogP contribution >= 0.6 is 0 Å². The Hall–Kier alpha value is -1.10. The van der Waals surface area contributed by atoms with E-state index in [-0.39, 0.29) is 0 Å². The SMILES string of the molecule is CCNCc1cccc(OCCN(C)C(C)COC)c1. The Kier molecular flexibility index (Phi) is 8.26. The van der Waals surface area contributed by atoms with Crippen LogP contribution in [-0.4, -0.2) is 51.4 Å². The zero-order valence-electron chi connectivity index (χ0n) is 13.2. The lowest BCUT2D eigenvalue weighted by Gasteiger charge is -2.23. The molecule has 0 amide bonds. The Morgan fingerprint density at radius 2 is 2.15 bits per heavy atom. The Morgan fingerprint density at radius 1 is 1.35 bits per heavy atom. The second-order valence-electron chi connectivity index (χ2n) is 5.06. The highest BCUT2D eigenvalue weighted by atomic mass is 16.5. The normalized spacial score (nSPS) is 12.7. The molecule has 0 aromatic heterocycles. The maximum atomic E-state index is 5.82. The van der Waals surface area contributed by atoms with Gasteiger partial charge in [-0.2, -0.15) is 0 Å². The lowest BCUT2D eigenvalue weighted by atomic mass is 10.2. The number of rotatable bonds is 10. The zero-order chi connectivity index (χ0) is 14.8. The predicted octanol–water partition coefficient (Wildman–Crippen LogP) is 2.14. The topological polar surface area (TPSA) is 33.7 Å². The average Bonchev–Trinajstić information content (AvgIpc) is 2.45. The van der Waals surface area contributed by atoms with Crippen LogP contribution < -0.4 is 10.1 Å². The third-order valence-electron chi connectivity index (χ3n) is 3.35. The minimum atomic E-state index is 0.406. The van der Waals surface area contributed by atoms with Gasteiger partial charge in [0.1, 0.15) is 12.4 Å². The summed E-state index contributed by atoms with van der Waals surface area (Å²) in [5.41, 5.74) is 1.26. The highest BCUT2D eigenvalue weighted by Crippen LogP contribution is 2.13. The van der Waals surface area contributed by atoms with Crippen LogP contribution in [-0.2, 0) is 11.3 Å². The molecule has 0 radical (unpaired) electrons. The molecule has 0 heterocycles. The minimum Gasteiger partial charge on any atom is -0.492 e. The van der Waals surface area contributed by atoms with Gasteiger partial charge in [0.05, 0.1) is 6.61 Å². The van der Waals surface area contributed by atoms with Gasteiger partial charge in [0.15, 0.2) is 0 Å². The molecule has 4 heteroatoms. The lowest BCUT2D eigenvalue weighted by Crippen LogP contribution is -2.35. The fraction of sp³-hybridized carbons (Fsp3) is 0.625. The van der Waals surface area contributed by atoms with Gasteiger partial charge in [0, 0.05) is 26.2 Å². The first kappa shape index (κ1) is 17.0. The average molecular weight is 280 g/mol. The van der Waals surface area contributed by atoms with Gasteiger partial charge in [0.2, 0.25) is 0 Å². The summed E-state index contributed by atoms with van der Waals surface area (Å²) in [6.45, 7) is 8.45. The maximum absolute atomic E-state index is 5.82. The van der Waals surface area contributed by atoms with Crippen LogP contribution in [0.3, 0.4) is 0 Å². The molecule has 0 saturated carbocycles. The number of nitrogens with one attached hydrogen (secondary N) is 1. The maximum Gasteiger partial charge on any atom is 0.119 e. The monoisotopic (exact) mass is 280 g/mol. The number of likely N-dealkylation sites (N-methyl/N-ethyl adjacent to an activating group) is 1. The largest absolute Gasteiger partial charge is 0.492 e. The zero-order valence-corrected chi connectivity index (χ0v) is 13.2. The van der Waals surface area contributed by atoms with E-state index in [1.807, 2.05) is 12.1 Å². The van der Waals surface area contributed by atoms with Crippen molar-refractivity contribution in [3.63, 3.8) is 0 Å². The highest BCUT2D eigenvalue weighted by Gasteiger charge is 2.08. The summed E-state index contributed by atoms with van der Waals surface area (Å²) in [5.74, 6) is 0.938. The van der Waals surface area contributed by atoms with Gasteiger partial charge in [-0.25, -0.2) is 0 Å². The standard InChI is InChI=1S/C16H28N2O2/c1-5-17-12-15-7-6-8-16(11-15)20-10-9-18(3)14(2)13-19-4/h6-8,11,14,17H,5,9-10,12-13H2,1-4H3. The van der Waals surface area contributed by atoms with Crippen molar-refractivity contribution in [2.75, 3.05) is 40.5 Å². The first-order valence-electron chi connectivity index (χ1n) is 7.29. The number of methoxy groups -OCH3 is 1. The number of hydrogen-bond donors (Lipinski definition) is 1. The Bertz CT molecular complexity index is 371. The van der Waals surface area contributed by atoms with Gasteiger partial charge in [0.25, 0.3) is 0 Å². The van der Waals surface area contributed by atoms with Crippen LogP contribution in [0.2, 0.25) is 0 Å². The van der Waals surface area contributed by atoms with E-state index in [4.69, 9.17) is 9.47 Å². The molecular weight excluding hydrogens is 252 g/mol. The van der Waals surface area contributed by atoms with Crippen molar-refractivity contribution in [3.05, 3.63) is 29.8 Å². The van der Waals surface area contributed by atoms with Crippen molar-refractivity contribution in [2.45, 2.75) is 26.4 Å². The number of benzene rings is 1. The van der Waals surface area contributed by atoms with Crippen LogP contribution in [0.15, 0.2) is 24.3 Å². The third kappa shape index (κ3) is 6.37. The van der Waals surface area contributed by atoms with Gasteiger partial charge in [-0.1, -0.05) is 19.1 Å². The molecule has 1 unspecified atom stereocenters. The fourth-order valence-corrected chi connectivity index (χ4v) is 1.91. The van der Waals surface area contributed by atoms with Crippen molar-refractivity contribution in [1.82, 2.24) is 10.2 Å². The summed E-state index contributed by atoms with van der Waals surface area (Å²) in [6, 6.07) is 8.67. The lowest BCUT2D eigenvalue weighted by molar-refractivity contribution is 0.105. The molecular formula is C16H28N2O2. The van der Waals surface area contributed by atoms with Crippen LogP contribution in [0.4, 0.5) is 0 Å². The molecule has 4 nitrogen and oxygen atoms in total. The summed E-state index contributed by atoms with van der Waals surface area (Å²) in [7, 11) is 3.82. The van der Waals surface area contributed by atoms with Crippen molar-refractivity contribution < 1.29 is 9.47 Å². The molecule has 0 spiro atoms. The van der Waals surface area contributed by atoms with Crippen molar-refractivity contribution in [2.24, 2.45) is 0 Å². The fourth-order valence-electron chi connectivity index (χ4n) is 1.91. The van der Waals surface area contributed by atoms with Crippen molar-refractivity contribution in [3.8, 4) is 5.75 Å². The molecule has 0 aliphatic carbocycles. The molecule has 1 atom stereocenters. The van der Waals surface area contributed by atoms with E-state index in [1.54, 1.807) is 7.11 Å². The van der Waals surface area contributed by atoms with Crippen LogP contribution in [0, 0.1) is 0 Å². The quantitative estimate of drug-likeness (QED) is 0.712. The van der Waals surface area contributed by atoms with Crippen LogP contribution in [0.1, 0.15) is 19.4 Å². The second kappa shape index (κ2) is 9.75. The van der Waals surface area contributed by atoms with Gasteiger partial charge in [-0.15, -0.1) is 0 Å². The first-order valence-corrected chi connectivity index (χ1v) is 7.29. The molecule has 114 valence electrons. The van der Waals surface area contributed by atoms with E-state index in [2.05, 4.69) is 43.2 Å². The molecule has 1 aromatic carbocycles. The molecule has 0 fully saturated rings. The molecule has 0 aliphatic heterocycles. The van der Waals surface area contributed by atoms with Gasteiger partial charge < -0.3 is 14.8 Å². The molecule has 1 N–H and O–H groups in total. The molecule has 1 aromatic rings.